The number of nitro groups is 1. The van der Waals surface area contributed by atoms with Crippen molar-refractivity contribution in [2.45, 2.75) is 31.8 Å². The molecular formula is C22H22N2O6. The number of carbonyl (C=O) groups excluding carboxylic acids is 2. The molecule has 0 atom stereocenters. The van der Waals surface area contributed by atoms with E-state index >= 15 is 0 Å². The zero-order chi connectivity index (χ0) is 21.5. The van der Waals surface area contributed by atoms with Gasteiger partial charge in [-0.15, -0.1) is 0 Å². The standard InChI is InChI=1S/C22H22N2O6/c1-14-11-15(3-5-18(14)24(27)28)21(26)23-9-7-22(8-10-23)13-19(25)17-12-16(29-2)4-6-20(17)30-22/h3-6,11-12H,7-10,13H2,1-2H3. The molecule has 1 amide bonds. The average molecular weight is 410 g/mol. The molecule has 2 aliphatic rings. The van der Waals surface area contributed by atoms with E-state index in [1.807, 2.05) is 0 Å². The summed E-state index contributed by atoms with van der Waals surface area (Å²) in [6.07, 6.45) is 1.36. The minimum Gasteiger partial charge on any atom is -0.497 e. The van der Waals surface area contributed by atoms with Crippen LogP contribution in [0.5, 0.6) is 11.5 Å². The van der Waals surface area contributed by atoms with Gasteiger partial charge in [0.1, 0.15) is 17.1 Å². The van der Waals surface area contributed by atoms with Crippen molar-refractivity contribution < 1.29 is 24.0 Å². The van der Waals surface area contributed by atoms with Gasteiger partial charge in [0.2, 0.25) is 0 Å². The number of nitro benzene ring substituents is 1. The maximum Gasteiger partial charge on any atom is 0.272 e. The van der Waals surface area contributed by atoms with Crippen LogP contribution in [0.15, 0.2) is 36.4 Å². The molecule has 156 valence electrons. The van der Waals surface area contributed by atoms with E-state index in [1.54, 1.807) is 43.2 Å². The highest BCUT2D eigenvalue weighted by molar-refractivity contribution is 6.01. The molecule has 8 heteroatoms. The number of fused-ring (bicyclic) bond motifs is 1. The number of piperidine rings is 1. The molecule has 30 heavy (non-hydrogen) atoms. The van der Waals surface area contributed by atoms with E-state index in [0.29, 0.717) is 54.1 Å². The van der Waals surface area contributed by atoms with Gasteiger partial charge < -0.3 is 14.4 Å². The molecule has 2 aromatic carbocycles. The van der Waals surface area contributed by atoms with Gasteiger partial charge in [-0.2, -0.15) is 0 Å². The van der Waals surface area contributed by atoms with Gasteiger partial charge in [-0.3, -0.25) is 19.7 Å². The van der Waals surface area contributed by atoms with Crippen LogP contribution in [0, 0.1) is 17.0 Å². The van der Waals surface area contributed by atoms with Gasteiger partial charge in [-0.25, -0.2) is 0 Å². The lowest BCUT2D eigenvalue weighted by Gasteiger charge is -2.44. The molecule has 2 heterocycles. The van der Waals surface area contributed by atoms with Gasteiger partial charge in [-0.1, -0.05) is 0 Å². The number of ether oxygens (including phenoxy) is 2. The minimum absolute atomic E-state index is 0.00596. The molecule has 1 fully saturated rings. The summed E-state index contributed by atoms with van der Waals surface area (Å²) in [5.74, 6) is 1.01. The number of ketones is 1. The van der Waals surface area contributed by atoms with Crippen LogP contribution in [-0.2, 0) is 0 Å². The second kappa shape index (κ2) is 7.44. The molecule has 2 aromatic rings. The van der Waals surface area contributed by atoms with Crippen LogP contribution < -0.4 is 9.47 Å². The lowest BCUT2D eigenvalue weighted by Crippen LogP contribution is -2.52. The monoisotopic (exact) mass is 410 g/mol. The number of methoxy groups -OCH3 is 1. The Balaban J connectivity index is 1.47. The van der Waals surface area contributed by atoms with E-state index in [-0.39, 0.29) is 23.8 Å². The topological polar surface area (TPSA) is 99.0 Å². The third-order valence-corrected chi connectivity index (χ3v) is 5.90. The number of rotatable bonds is 3. The predicted octanol–water partition coefficient (Wildman–Crippen LogP) is 3.55. The molecule has 0 radical (unpaired) electrons. The molecule has 1 saturated heterocycles. The van der Waals surface area contributed by atoms with Crippen molar-refractivity contribution in [3.05, 3.63) is 63.2 Å². The number of nitrogens with zero attached hydrogens (tertiary/aromatic N) is 2. The zero-order valence-corrected chi connectivity index (χ0v) is 16.8. The van der Waals surface area contributed by atoms with E-state index in [1.165, 1.54) is 12.1 Å². The number of hydrogen-bond donors (Lipinski definition) is 0. The summed E-state index contributed by atoms with van der Waals surface area (Å²) in [7, 11) is 1.55. The highest BCUT2D eigenvalue weighted by Gasteiger charge is 2.43. The summed E-state index contributed by atoms with van der Waals surface area (Å²) in [5.41, 5.74) is 0.786. The highest BCUT2D eigenvalue weighted by atomic mass is 16.6. The van der Waals surface area contributed by atoms with Crippen LogP contribution in [0.4, 0.5) is 5.69 Å². The molecule has 0 aliphatic carbocycles. The Kier molecular flexibility index (Phi) is 4.93. The van der Waals surface area contributed by atoms with Gasteiger partial charge in [-0.05, 0) is 37.3 Å². The molecule has 8 nitrogen and oxygen atoms in total. The van der Waals surface area contributed by atoms with Crippen LogP contribution in [-0.4, -0.2) is 47.3 Å². The van der Waals surface area contributed by atoms with E-state index < -0.39 is 10.5 Å². The van der Waals surface area contributed by atoms with Crippen LogP contribution in [0.2, 0.25) is 0 Å². The van der Waals surface area contributed by atoms with E-state index in [9.17, 15) is 19.7 Å². The lowest BCUT2D eigenvalue weighted by molar-refractivity contribution is -0.385. The fourth-order valence-electron chi connectivity index (χ4n) is 4.17. The zero-order valence-electron chi connectivity index (χ0n) is 16.8. The first kappa shape index (κ1) is 19.9. The van der Waals surface area contributed by atoms with Crippen molar-refractivity contribution >= 4 is 17.4 Å². The smallest absolute Gasteiger partial charge is 0.272 e. The lowest BCUT2D eigenvalue weighted by atomic mass is 9.82. The second-order valence-corrected chi connectivity index (χ2v) is 7.80. The van der Waals surface area contributed by atoms with Gasteiger partial charge in [0.15, 0.2) is 5.78 Å². The number of Topliss-reactive ketones (excluding diaryl/α,β-unsaturated/α-hetero) is 1. The Morgan fingerprint density at radius 2 is 1.93 bits per heavy atom. The second-order valence-electron chi connectivity index (χ2n) is 7.80. The number of aryl methyl sites for hydroxylation is 1. The van der Waals surface area contributed by atoms with Gasteiger partial charge in [0.05, 0.1) is 24.0 Å². The number of benzene rings is 2. The highest BCUT2D eigenvalue weighted by Crippen LogP contribution is 2.40. The van der Waals surface area contributed by atoms with Gasteiger partial charge in [0, 0.05) is 43.1 Å². The third-order valence-electron chi connectivity index (χ3n) is 5.90. The first-order chi connectivity index (χ1) is 14.3. The first-order valence-electron chi connectivity index (χ1n) is 9.76. The summed E-state index contributed by atoms with van der Waals surface area (Å²) < 4.78 is 11.4. The first-order valence-corrected chi connectivity index (χ1v) is 9.76. The largest absolute Gasteiger partial charge is 0.497 e. The molecule has 0 aromatic heterocycles. The number of likely N-dealkylation sites (tertiary alicyclic amines) is 1. The maximum absolute atomic E-state index is 12.9. The molecule has 1 spiro atoms. The number of carbonyl (C=O) groups is 2. The summed E-state index contributed by atoms with van der Waals surface area (Å²) >= 11 is 0. The Morgan fingerprint density at radius 1 is 1.20 bits per heavy atom. The van der Waals surface area contributed by atoms with Gasteiger partial charge in [0.25, 0.3) is 11.6 Å². The summed E-state index contributed by atoms with van der Waals surface area (Å²) in [4.78, 5) is 37.8. The fraction of sp³-hybridized carbons (Fsp3) is 0.364. The third kappa shape index (κ3) is 3.49. The van der Waals surface area contributed by atoms with Crippen LogP contribution in [0.1, 0.15) is 45.5 Å². The Bertz CT molecular complexity index is 1040. The summed E-state index contributed by atoms with van der Waals surface area (Å²) in [5, 5.41) is 11.0. The van der Waals surface area contributed by atoms with Gasteiger partial charge >= 0.3 is 0 Å². The van der Waals surface area contributed by atoms with E-state index in [4.69, 9.17) is 9.47 Å². The molecular weight excluding hydrogens is 388 g/mol. The number of hydrogen-bond acceptors (Lipinski definition) is 6. The van der Waals surface area contributed by atoms with Crippen LogP contribution >= 0.6 is 0 Å². The normalized spacial score (nSPS) is 17.3. The van der Waals surface area contributed by atoms with Crippen molar-refractivity contribution in [2.75, 3.05) is 20.2 Å². The summed E-state index contributed by atoms with van der Waals surface area (Å²) in [6.45, 7) is 2.52. The van der Waals surface area contributed by atoms with Crippen molar-refractivity contribution in [2.24, 2.45) is 0 Å². The molecule has 0 N–H and O–H groups in total. The quantitative estimate of drug-likeness (QED) is 0.567. The molecule has 4 rings (SSSR count). The van der Waals surface area contributed by atoms with Crippen molar-refractivity contribution in [1.29, 1.82) is 0 Å². The fourth-order valence-corrected chi connectivity index (χ4v) is 4.17. The van der Waals surface area contributed by atoms with Crippen LogP contribution in [0.25, 0.3) is 0 Å². The van der Waals surface area contributed by atoms with Crippen molar-refractivity contribution in [3.63, 3.8) is 0 Å². The average Bonchev–Trinajstić information content (AvgIpc) is 2.73. The van der Waals surface area contributed by atoms with E-state index in [0.717, 1.165) is 0 Å². The molecule has 0 bridgehead atoms. The van der Waals surface area contributed by atoms with E-state index in [2.05, 4.69) is 0 Å². The SMILES string of the molecule is COc1ccc2c(c1)C(=O)CC1(CCN(C(=O)c3ccc([N+](=O)[O-])c(C)c3)CC1)O2. The van der Waals surface area contributed by atoms with Crippen molar-refractivity contribution in [3.8, 4) is 11.5 Å². The molecule has 0 unspecified atom stereocenters. The minimum atomic E-state index is -0.610. The number of amides is 1. The Hall–Kier alpha value is -3.42. The molecule has 0 saturated carbocycles. The Morgan fingerprint density at radius 3 is 2.57 bits per heavy atom. The predicted molar refractivity (Wildman–Crippen MR) is 108 cm³/mol. The maximum atomic E-state index is 12.9. The Labute approximate surface area is 173 Å². The van der Waals surface area contributed by atoms with Crippen molar-refractivity contribution in [1.82, 2.24) is 4.90 Å². The molecule has 2 aliphatic heterocycles. The summed E-state index contributed by atoms with van der Waals surface area (Å²) in [6, 6.07) is 9.62. The van der Waals surface area contributed by atoms with Crippen LogP contribution in [0.3, 0.4) is 0 Å².